The van der Waals surface area contributed by atoms with Gasteiger partial charge in [-0.25, -0.2) is 0 Å². The molecule has 0 saturated heterocycles. The van der Waals surface area contributed by atoms with E-state index in [0.717, 1.165) is 29.2 Å². The smallest absolute Gasteiger partial charge is 0.149 e. The van der Waals surface area contributed by atoms with Crippen molar-refractivity contribution in [3.8, 4) is 11.3 Å². The van der Waals surface area contributed by atoms with E-state index < -0.39 is 0 Å². The van der Waals surface area contributed by atoms with Gasteiger partial charge in [0.1, 0.15) is 5.82 Å². The highest BCUT2D eigenvalue weighted by atomic mass is 15.2. The van der Waals surface area contributed by atoms with E-state index in [2.05, 4.69) is 50.0 Å². The van der Waals surface area contributed by atoms with E-state index in [4.69, 9.17) is 0 Å². The highest BCUT2D eigenvalue weighted by molar-refractivity contribution is 5.58. The Labute approximate surface area is 117 Å². The van der Waals surface area contributed by atoms with Crippen LogP contribution in [0.3, 0.4) is 0 Å². The fourth-order valence-electron chi connectivity index (χ4n) is 1.96. The van der Waals surface area contributed by atoms with E-state index in [9.17, 15) is 0 Å². The molecule has 3 aromatic rings. The van der Waals surface area contributed by atoms with Gasteiger partial charge in [0, 0.05) is 12.7 Å². The summed E-state index contributed by atoms with van der Waals surface area (Å²) < 4.78 is 0. The lowest BCUT2D eigenvalue weighted by Crippen LogP contribution is -2.02. The highest BCUT2D eigenvalue weighted by Gasteiger charge is 2.00. The first kappa shape index (κ1) is 12.3. The number of aromatic amines is 1. The predicted molar refractivity (Wildman–Crippen MR) is 78.1 cm³/mol. The van der Waals surface area contributed by atoms with Crippen LogP contribution < -0.4 is 5.32 Å². The third kappa shape index (κ3) is 2.83. The largest absolute Gasteiger partial charge is 0.364 e. The van der Waals surface area contributed by atoms with Crippen LogP contribution in [0.5, 0.6) is 0 Å². The van der Waals surface area contributed by atoms with Gasteiger partial charge in [-0.15, -0.1) is 5.10 Å². The lowest BCUT2D eigenvalue weighted by atomic mass is 10.1. The Morgan fingerprint density at radius 1 is 1.15 bits per heavy atom. The molecule has 5 heteroatoms. The second-order valence-corrected chi connectivity index (χ2v) is 4.64. The molecule has 0 bridgehead atoms. The van der Waals surface area contributed by atoms with Crippen molar-refractivity contribution in [1.82, 2.24) is 20.4 Å². The van der Waals surface area contributed by atoms with Crippen LogP contribution in [0.15, 0.2) is 48.8 Å². The maximum Gasteiger partial charge on any atom is 0.149 e. The van der Waals surface area contributed by atoms with Gasteiger partial charge in [-0.05, 0) is 35.7 Å². The maximum absolute atomic E-state index is 4.04. The van der Waals surface area contributed by atoms with Gasteiger partial charge in [-0.3, -0.25) is 5.10 Å². The van der Waals surface area contributed by atoms with Crippen LogP contribution in [0.1, 0.15) is 11.1 Å². The Balaban J connectivity index is 1.67. The molecule has 0 unspecified atom stereocenters. The average molecular weight is 265 g/mol. The van der Waals surface area contributed by atoms with Crippen molar-refractivity contribution in [3.63, 3.8) is 0 Å². The monoisotopic (exact) mass is 265 g/mol. The van der Waals surface area contributed by atoms with Crippen LogP contribution in [0.2, 0.25) is 0 Å². The van der Waals surface area contributed by atoms with Crippen molar-refractivity contribution >= 4 is 5.82 Å². The summed E-state index contributed by atoms with van der Waals surface area (Å²) in [6.45, 7) is 2.72. The van der Waals surface area contributed by atoms with Crippen LogP contribution >= 0.6 is 0 Å². The molecular formula is C15H15N5. The van der Waals surface area contributed by atoms with E-state index in [1.807, 2.05) is 19.1 Å². The van der Waals surface area contributed by atoms with Crippen molar-refractivity contribution in [2.45, 2.75) is 13.5 Å². The molecule has 0 saturated carbocycles. The van der Waals surface area contributed by atoms with Crippen molar-refractivity contribution in [2.75, 3.05) is 5.32 Å². The zero-order valence-corrected chi connectivity index (χ0v) is 11.2. The second-order valence-electron chi connectivity index (χ2n) is 4.64. The van der Waals surface area contributed by atoms with Crippen molar-refractivity contribution in [1.29, 1.82) is 0 Å². The number of nitrogens with one attached hydrogen (secondary N) is 2. The van der Waals surface area contributed by atoms with E-state index in [1.54, 1.807) is 12.4 Å². The van der Waals surface area contributed by atoms with Crippen LogP contribution in [0, 0.1) is 6.92 Å². The lowest BCUT2D eigenvalue weighted by molar-refractivity contribution is 0.988. The quantitative estimate of drug-likeness (QED) is 0.761. The fourth-order valence-corrected chi connectivity index (χ4v) is 1.96. The van der Waals surface area contributed by atoms with Crippen LogP contribution in [-0.4, -0.2) is 20.4 Å². The second kappa shape index (κ2) is 5.52. The summed E-state index contributed by atoms with van der Waals surface area (Å²) in [5, 5.41) is 18.1. The van der Waals surface area contributed by atoms with Gasteiger partial charge < -0.3 is 5.32 Å². The lowest BCUT2D eigenvalue weighted by Gasteiger charge is -2.06. The Morgan fingerprint density at radius 2 is 2.00 bits per heavy atom. The van der Waals surface area contributed by atoms with Crippen LogP contribution in [0.25, 0.3) is 11.3 Å². The van der Waals surface area contributed by atoms with Gasteiger partial charge in [0.15, 0.2) is 0 Å². The number of H-pyrrole nitrogens is 1. The highest BCUT2D eigenvalue weighted by Crippen LogP contribution is 2.17. The van der Waals surface area contributed by atoms with Gasteiger partial charge in [0.05, 0.1) is 11.9 Å². The van der Waals surface area contributed by atoms with Gasteiger partial charge >= 0.3 is 0 Å². The first-order valence-electron chi connectivity index (χ1n) is 6.43. The molecule has 0 radical (unpaired) electrons. The molecule has 0 aliphatic carbocycles. The van der Waals surface area contributed by atoms with E-state index in [1.165, 1.54) is 5.56 Å². The maximum atomic E-state index is 4.04. The number of rotatable bonds is 4. The normalized spacial score (nSPS) is 10.4. The average Bonchev–Trinajstić information content (AvgIpc) is 3.00. The summed E-state index contributed by atoms with van der Waals surface area (Å²) >= 11 is 0. The molecule has 0 fully saturated rings. The molecule has 0 spiro atoms. The zero-order chi connectivity index (χ0) is 13.8. The summed E-state index contributed by atoms with van der Waals surface area (Å²) in [4.78, 5) is 0. The van der Waals surface area contributed by atoms with Crippen LogP contribution in [-0.2, 0) is 6.54 Å². The molecular weight excluding hydrogens is 250 g/mol. The number of nitrogens with zero attached hydrogens (tertiary/aromatic N) is 3. The SMILES string of the molecule is Cc1cnnc(NCc2ccc(-c3ccn[nH]3)cc2)c1. The Bertz CT molecular complexity index is 674. The Morgan fingerprint density at radius 3 is 2.70 bits per heavy atom. The molecule has 0 aliphatic rings. The predicted octanol–water partition coefficient (Wildman–Crippen LogP) is 2.79. The molecule has 0 amide bonds. The topological polar surface area (TPSA) is 66.5 Å². The van der Waals surface area contributed by atoms with E-state index in [-0.39, 0.29) is 0 Å². The van der Waals surface area contributed by atoms with E-state index in [0.29, 0.717) is 0 Å². The standard InChI is InChI=1S/C15H15N5/c1-11-8-15(20-18-9-11)16-10-12-2-4-13(5-3-12)14-6-7-17-19-14/h2-9H,10H2,1H3,(H,16,20)(H,17,19). The number of anilines is 1. The minimum Gasteiger partial charge on any atom is -0.364 e. The molecule has 0 atom stereocenters. The number of aryl methyl sites for hydroxylation is 1. The number of benzene rings is 1. The number of hydrogen-bond acceptors (Lipinski definition) is 4. The van der Waals surface area contributed by atoms with Crippen molar-refractivity contribution in [3.05, 3.63) is 59.9 Å². The first-order chi connectivity index (χ1) is 9.81. The van der Waals surface area contributed by atoms with Gasteiger partial charge in [0.25, 0.3) is 0 Å². The summed E-state index contributed by atoms with van der Waals surface area (Å²) in [5.41, 5.74) is 4.43. The Kier molecular flexibility index (Phi) is 3.41. The van der Waals surface area contributed by atoms with E-state index >= 15 is 0 Å². The molecule has 0 aliphatic heterocycles. The number of aromatic nitrogens is 4. The third-order valence-electron chi connectivity index (χ3n) is 3.03. The van der Waals surface area contributed by atoms with Crippen molar-refractivity contribution < 1.29 is 0 Å². The molecule has 20 heavy (non-hydrogen) atoms. The van der Waals surface area contributed by atoms with Gasteiger partial charge in [-0.2, -0.15) is 10.2 Å². The molecule has 3 rings (SSSR count). The summed E-state index contributed by atoms with van der Waals surface area (Å²) in [6, 6.07) is 12.3. The van der Waals surface area contributed by atoms with Crippen molar-refractivity contribution in [2.24, 2.45) is 0 Å². The first-order valence-corrected chi connectivity index (χ1v) is 6.43. The molecule has 1 aromatic carbocycles. The summed E-state index contributed by atoms with van der Waals surface area (Å²) in [6.07, 6.45) is 3.49. The van der Waals surface area contributed by atoms with Crippen LogP contribution in [0.4, 0.5) is 5.82 Å². The minimum absolute atomic E-state index is 0.724. The molecule has 2 heterocycles. The number of hydrogen-bond donors (Lipinski definition) is 2. The minimum atomic E-state index is 0.724. The molecule has 5 nitrogen and oxygen atoms in total. The summed E-state index contributed by atoms with van der Waals surface area (Å²) in [5.74, 6) is 0.794. The Hall–Kier alpha value is -2.69. The third-order valence-corrected chi connectivity index (χ3v) is 3.03. The zero-order valence-electron chi connectivity index (χ0n) is 11.2. The molecule has 100 valence electrons. The van der Waals surface area contributed by atoms with Gasteiger partial charge in [-0.1, -0.05) is 24.3 Å². The molecule has 2 N–H and O–H groups in total. The molecule has 2 aromatic heterocycles. The fraction of sp³-hybridized carbons (Fsp3) is 0.133. The van der Waals surface area contributed by atoms with Gasteiger partial charge in [0.2, 0.25) is 0 Å². The summed E-state index contributed by atoms with van der Waals surface area (Å²) in [7, 11) is 0.